The molecule has 0 N–H and O–H groups in total. The molecular weight excluding hydrogens is 263 g/mol. The van der Waals surface area contributed by atoms with E-state index in [1.54, 1.807) is 4.90 Å². The summed E-state index contributed by atoms with van der Waals surface area (Å²) in [6, 6.07) is -0.631. The maximum atomic E-state index is 12.2. The Labute approximate surface area is 108 Å². The molecule has 2 aliphatic heterocycles. The molecule has 2 saturated heterocycles. The van der Waals surface area contributed by atoms with Crippen molar-refractivity contribution in [2.75, 3.05) is 39.8 Å². The number of nitrogens with zero attached hydrogens (tertiary/aromatic N) is 3. The third kappa shape index (κ3) is 3.17. The lowest BCUT2D eigenvalue weighted by atomic mass is 10.1. The highest BCUT2D eigenvalue weighted by atomic mass is 19.4. The van der Waals surface area contributed by atoms with E-state index in [2.05, 4.69) is 0 Å². The van der Waals surface area contributed by atoms with E-state index in [0.29, 0.717) is 13.1 Å². The lowest BCUT2D eigenvalue weighted by Crippen LogP contribution is -2.66. The first kappa shape index (κ1) is 14.1. The molecule has 0 saturated carbocycles. The van der Waals surface area contributed by atoms with Gasteiger partial charge in [-0.25, -0.2) is 0 Å². The molecule has 2 rings (SSSR count). The molecule has 2 aliphatic rings. The van der Waals surface area contributed by atoms with Crippen LogP contribution in [0.3, 0.4) is 0 Å². The molecule has 0 aromatic heterocycles. The highest BCUT2D eigenvalue weighted by Crippen LogP contribution is 2.22. The molecule has 0 aromatic carbocycles. The SMILES string of the molecule is CN1CC(=O)N2CCN(CCC(F)(F)F)C[C@@H]2C1=O. The van der Waals surface area contributed by atoms with E-state index in [9.17, 15) is 22.8 Å². The van der Waals surface area contributed by atoms with Crippen LogP contribution >= 0.6 is 0 Å². The molecule has 8 heteroatoms. The lowest BCUT2D eigenvalue weighted by molar-refractivity contribution is -0.160. The van der Waals surface area contributed by atoms with Gasteiger partial charge in [-0.2, -0.15) is 13.2 Å². The van der Waals surface area contributed by atoms with E-state index in [1.807, 2.05) is 0 Å². The molecule has 19 heavy (non-hydrogen) atoms. The number of fused-ring (bicyclic) bond motifs is 1. The minimum Gasteiger partial charge on any atom is -0.335 e. The van der Waals surface area contributed by atoms with E-state index in [0.717, 1.165) is 0 Å². The second-order valence-corrected chi connectivity index (χ2v) is 4.96. The summed E-state index contributed by atoms with van der Waals surface area (Å²) in [5, 5.41) is 0. The molecule has 0 spiro atoms. The maximum absolute atomic E-state index is 12.2. The van der Waals surface area contributed by atoms with Crippen molar-refractivity contribution in [3.05, 3.63) is 0 Å². The van der Waals surface area contributed by atoms with Crippen LogP contribution < -0.4 is 0 Å². The van der Waals surface area contributed by atoms with E-state index in [4.69, 9.17) is 0 Å². The van der Waals surface area contributed by atoms with Crippen molar-refractivity contribution in [2.45, 2.75) is 18.6 Å². The highest BCUT2D eigenvalue weighted by molar-refractivity contribution is 5.95. The molecule has 2 fully saturated rings. The van der Waals surface area contributed by atoms with Crippen molar-refractivity contribution in [1.82, 2.24) is 14.7 Å². The number of hydrogen-bond donors (Lipinski definition) is 0. The smallest absolute Gasteiger partial charge is 0.335 e. The normalized spacial score (nSPS) is 25.8. The average Bonchev–Trinajstić information content (AvgIpc) is 2.32. The van der Waals surface area contributed by atoms with Gasteiger partial charge >= 0.3 is 6.18 Å². The molecule has 0 aromatic rings. The number of likely N-dealkylation sites (N-methyl/N-ethyl adjacent to an activating group) is 1. The van der Waals surface area contributed by atoms with Crippen LogP contribution in [0.2, 0.25) is 0 Å². The summed E-state index contributed by atoms with van der Waals surface area (Å²) in [6.45, 7) is 0.818. The quantitative estimate of drug-likeness (QED) is 0.710. The van der Waals surface area contributed by atoms with Gasteiger partial charge in [0.2, 0.25) is 11.8 Å². The fourth-order valence-electron chi connectivity index (χ4n) is 2.46. The summed E-state index contributed by atoms with van der Waals surface area (Å²) < 4.78 is 36.5. The van der Waals surface area contributed by atoms with Gasteiger partial charge in [0.15, 0.2) is 0 Å². The van der Waals surface area contributed by atoms with Crippen molar-refractivity contribution in [1.29, 1.82) is 0 Å². The molecule has 0 radical (unpaired) electrons. The number of halogens is 3. The van der Waals surface area contributed by atoms with Crippen LogP contribution in [0.15, 0.2) is 0 Å². The maximum Gasteiger partial charge on any atom is 0.390 e. The van der Waals surface area contributed by atoms with Crippen LogP contribution in [0, 0.1) is 0 Å². The van der Waals surface area contributed by atoms with Crippen molar-refractivity contribution in [3.8, 4) is 0 Å². The van der Waals surface area contributed by atoms with Gasteiger partial charge in [0, 0.05) is 33.2 Å². The van der Waals surface area contributed by atoms with Crippen molar-refractivity contribution in [2.24, 2.45) is 0 Å². The molecule has 2 amide bonds. The third-order valence-electron chi connectivity index (χ3n) is 3.53. The number of hydrogen-bond acceptors (Lipinski definition) is 3. The molecule has 0 aliphatic carbocycles. The van der Waals surface area contributed by atoms with Crippen LogP contribution in [0.5, 0.6) is 0 Å². The summed E-state index contributed by atoms with van der Waals surface area (Å²) in [6.07, 6.45) is -5.09. The minimum absolute atomic E-state index is 0.0535. The summed E-state index contributed by atoms with van der Waals surface area (Å²) in [5.74, 6) is -0.334. The number of rotatable bonds is 2. The van der Waals surface area contributed by atoms with Gasteiger partial charge in [0.05, 0.1) is 13.0 Å². The Morgan fingerprint density at radius 2 is 1.95 bits per heavy atom. The average molecular weight is 279 g/mol. The van der Waals surface area contributed by atoms with Crippen LogP contribution in [-0.2, 0) is 9.59 Å². The Morgan fingerprint density at radius 3 is 2.58 bits per heavy atom. The summed E-state index contributed by atoms with van der Waals surface area (Å²) >= 11 is 0. The monoisotopic (exact) mass is 279 g/mol. The van der Waals surface area contributed by atoms with Crippen molar-refractivity contribution in [3.63, 3.8) is 0 Å². The number of piperazine rings is 2. The minimum atomic E-state index is -4.19. The fourth-order valence-corrected chi connectivity index (χ4v) is 2.46. The zero-order valence-corrected chi connectivity index (χ0v) is 10.6. The van der Waals surface area contributed by atoms with Crippen LogP contribution in [0.4, 0.5) is 13.2 Å². The summed E-state index contributed by atoms with van der Waals surface area (Å²) in [5.41, 5.74) is 0. The van der Waals surface area contributed by atoms with Gasteiger partial charge in [-0.1, -0.05) is 0 Å². The predicted octanol–water partition coefficient (Wildman–Crippen LogP) is -0.0764. The van der Waals surface area contributed by atoms with Crippen LogP contribution in [0.1, 0.15) is 6.42 Å². The molecule has 1 atom stereocenters. The van der Waals surface area contributed by atoms with Crippen LogP contribution in [0.25, 0.3) is 0 Å². The van der Waals surface area contributed by atoms with E-state index < -0.39 is 18.6 Å². The number of carbonyl (C=O) groups is 2. The highest BCUT2D eigenvalue weighted by Gasteiger charge is 2.41. The van der Waals surface area contributed by atoms with Crippen LogP contribution in [-0.4, -0.2) is 78.5 Å². The number of carbonyl (C=O) groups excluding carboxylic acids is 2. The Bertz CT molecular complexity index is 386. The standard InChI is InChI=1S/C11H16F3N3O2/c1-15-7-9(18)17-5-4-16(3-2-11(12,13)14)6-8(17)10(15)19/h8H,2-7H2,1H3/t8-/m1/s1. The molecule has 2 heterocycles. The molecule has 108 valence electrons. The van der Waals surface area contributed by atoms with Gasteiger partial charge in [-0.05, 0) is 0 Å². The van der Waals surface area contributed by atoms with E-state index in [-0.39, 0.29) is 31.4 Å². The van der Waals surface area contributed by atoms with E-state index >= 15 is 0 Å². The molecular formula is C11H16F3N3O2. The number of alkyl halides is 3. The van der Waals surface area contributed by atoms with Gasteiger partial charge in [-0.3, -0.25) is 14.5 Å². The fraction of sp³-hybridized carbons (Fsp3) is 0.818. The van der Waals surface area contributed by atoms with Gasteiger partial charge < -0.3 is 9.80 Å². The van der Waals surface area contributed by atoms with Gasteiger partial charge in [0.25, 0.3) is 0 Å². The predicted molar refractivity (Wildman–Crippen MR) is 60.3 cm³/mol. The van der Waals surface area contributed by atoms with Gasteiger partial charge in [0.1, 0.15) is 6.04 Å². The number of amides is 2. The summed E-state index contributed by atoms with van der Waals surface area (Å²) in [4.78, 5) is 28.1. The molecule has 0 unspecified atom stereocenters. The molecule has 0 bridgehead atoms. The Hall–Kier alpha value is -1.31. The Morgan fingerprint density at radius 1 is 1.26 bits per heavy atom. The molecule has 5 nitrogen and oxygen atoms in total. The third-order valence-corrected chi connectivity index (χ3v) is 3.53. The van der Waals surface area contributed by atoms with Gasteiger partial charge in [-0.15, -0.1) is 0 Å². The largest absolute Gasteiger partial charge is 0.390 e. The first-order valence-electron chi connectivity index (χ1n) is 6.11. The second kappa shape index (κ2) is 4.99. The Balaban J connectivity index is 1.97. The summed E-state index contributed by atoms with van der Waals surface area (Å²) in [7, 11) is 1.53. The Kier molecular flexibility index (Phi) is 3.71. The van der Waals surface area contributed by atoms with Crippen molar-refractivity contribution < 1.29 is 22.8 Å². The second-order valence-electron chi connectivity index (χ2n) is 4.96. The topological polar surface area (TPSA) is 43.9 Å². The first-order chi connectivity index (χ1) is 8.78. The van der Waals surface area contributed by atoms with Crippen molar-refractivity contribution >= 4 is 11.8 Å². The zero-order chi connectivity index (χ0) is 14.2. The lowest BCUT2D eigenvalue weighted by Gasteiger charge is -2.45. The first-order valence-corrected chi connectivity index (χ1v) is 6.11. The zero-order valence-electron chi connectivity index (χ0n) is 10.6. The van der Waals surface area contributed by atoms with E-state index in [1.165, 1.54) is 16.8 Å².